The molecule has 1 saturated carbocycles. The van der Waals surface area contributed by atoms with Crippen molar-refractivity contribution in [2.45, 2.75) is 58.0 Å². The highest BCUT2D eigenvalue weighted by Crippen LogP contribution is 2.37. The van der Waals surface area contributed by atoms with Crippen LogP contribution in [-0.2, 0) is 18.9 Å². The van der Waals surface area contributed by atoms with Gasteiger partial charge in [0.05, 0.1) is 32.3 Å². The van der Waals surface area contributed by atoms with Crippen LogP contribution in [0.1, 0.15) is 45.4 Å². The average molecular weight is 360 g/mol. The van der Waals surface area contributed by atoms with Crippen LogP contribution in [0.4, 0.5) is 8.78 Å². The van der Waals surface area contributed by atoms with Gasteiger partial charge in [0.2, 0.25) is 0 Å². The van der Waals surface area contributed by atoms with Gasteiger partial charge in [-0.25, -0.2) is 0 Å². The first-order chi connectivity index (χ1) is 12.2. The van der Waals surface area contributed by atoms with Crippen molar-refractivity contribution in [1.82, 2.24) is 0 Å². The molecule has 0 aromatic rings. The zero-order valence-electron chi connectivity index (χ0n) is 15.0. The second kappa shape index (κ2) is 9.40. The van der Waals surface area contributed by atoms with Crippen molar-refractivity contribution >= 4 is 0 Å². The fourth-order valence-corrected chi connectivity index (χ4v) is 4.32. The lowest BCUT2D eigenvalue weighted by molar-refractivity contribution is -0.276. The Hall–Kier alpha value is -0.560. The van der Waals surface area contributed by atoms with Crippen molar-refractivity contribution in [2.24, 2.45) is 23.7 Å². The molecule has 0 spiro atoms. The lowest BCUT2D eigenvalue weighted by Crippen LogP contribution is -2.45. The van der Waals surface area contributed by atoms with Crippen molar-refractivity contribution < 1.29 is 27.7 Å². The fraction of sp³-hybridized carbons (Fsp3) is 0.895. The lowest BCUT2D eigenvalue weighted by atomic mass is 9.75. The minimum Gasteiger partial charge on any atom is -0.352 e. The summed E-state index contributed by atoms with van der Waals surface area (Å²) in [4.78, 5) is 0. The van der Waals surface area contributed by atoms with E-state index < -0.39 is 12.4 Å². The molecule has 2 aliphatic heterocycles. The first-order valence-corrected chi connectivity index (χ1v) is 9.65. The third-order valence-electron chi connectivity index (χ3n) is 5.80. The summed E-state index contributed by atoms with van der Waals surface area (Å²) in [5, 5.41) is 0. The Morgan fingerprint density at radius 1 is 0.840 bits per heavy atom. The van der Waals surface area contributed by atoms with Gasteiger partial charge in [-0.2, -0.15) is 8.78 Å². The summed E-state index contributed by atoms with van der Waals surface area (Å²) in [5.74, 6) is 2.02. The van der Waals surface area contributed by atoms with Crippen molar-refractivity contribution in [3.63, 3.8) is 0 Å². The maximum absolute atomic E-state index is 12.2. The number of rotatable bonds is 5. The van der Waals surface area contributed by atoms with Crippen molar-refractivity contribution in [3.05, 3.63) is 12.2 Å². The third kappa shape index (κ3) is 5.46. The molecule has 0 aromatic heterocycles. The molecule has 3 aliphatic rings. The summed E-state index contributed by atoms with van der Waals surface area (Å²) in [7, 11) is 0. The Kier molecular flexibility index (Phi) is 7.22. The monoisotopic (exact) mass is 360 g/mol. The van der Waals surface area contributed by atoms with Crippen molar-refractivity contribution in [2.75, 3.05) is 26.4 Å². The Labute approximate surface area is 148 Å². The summed E-state index contributed by atoms with van der Waals surface area (Å²) in [6, 6.07) is 0. The van der Waals surface area contributed by atoms with Crippen LogP contribution in [0.3, 0.4) is 0 Å². The highest BCUT2D eigenvalue weighted by Gasteiger charge is 2.36. The van der Waals surface area contributed by atoms with Crippen LogP contribution in [0.15, 0.2) is 12.2 Å². The molecule has 25 heavy (non-hydrogen) atoms. The Bertz CT molecular complexity index is 417. The second-order valence-electron chi connectivity index (χ2n) is 7.62. The van der Waals surface area contributed by atoms with E-state index in [-0.39, 0.29) is 12.2 Å². The SMILES string of the molecule is CCCC1CCC(C2COC(C3COC(C=C(F)F)OC3)OC2)CC1. The Morgan fingerprint density at radius 2 is 1.44 bits per heavy atom. The first kappa shape index (κ1) is 19.2. The van der Waals surface area contributed by atoms with Crippen LogP contribution in [0.25, 0.3) is 0 Å². The Balaban J connectivity index is 1.37. The minimum absolute atomic E-state index is 0.0615. The lowest BCUT2D eigenvalue weighted by Gasteiger charge is -2.40. The van der Waals surface area contributed by atoms with Gasteiger partial charge in [0.25, 0.3) is 6.08 Å². The van der Waals surface area contributed by atoms with E-state index in [1.54, 1.807) is 0 Å². The average Bonchev–Trinajstić information content (AvgIpc) is 2.63. The van der Waals surface area contributed by atoms with Gasteiger partial charge in [0.1, 0.15) is 0 Å². The van der Waals surface area contributed by atoms with Crippen LogP contribution in [-0.4, -0.2) is 39.0 Å². The van der Waals surface area contributed by atoms with Crippen LogP contribution < -0.4 is 0 Å². The van der Waals surface area contributed by atoms with E-state index in [0.29, 0.717) is 44.3 Å². The quantitative estimate of drug-likeness (QED) is 0.730. The molecule has 2 saturated heterocycles. The second-order valence-corrected chi connectivity index (χ2v) is 7.62. The van der Waals surface area contributed by atoms with E-state index in [1.807, 2.05) is 0 Å². The highest BCUT2D eigenvalue weighted by atomic mass is 19.3. The van der Waals surface area contributed by atoms with Gasteiger partial charge in [0.15, 0.2) is 12.6 Å². The zero-order valence-corrected chi connectivity index (χ0v) is 15.0. The maximum Gasteiger partial charge on any atom is 0.271 e. The fourth-order valence-electron chi connectivity index (χ4n) is 4.32. The summed E-state index contributed by atoms with van der Waals surface area (Å²) >= 11 is 0. The molecular weight excluding hydrogens is 330 g/mol. The molecule has 0 unspecified atom stereocenters. The maximum atomic E-state index is 12.2. The van der Waals surface area contributed by atoms with Crippen LogP contribution in [0.5, 0.6) is 0 Å². The number of hydrogen-bond acceptors (Lipinski definition) is 4. The number of halogens is 2. The van der Waals surface area contributed by atoms with Crippen molar-refractivity contribution in [3.8, 4) is 0 Å². The molecule has 0 N–H and O–H groups in total. The molecular formula is C19H30F2O4. The molecule has 3 rings (SSSR count). The summed E-state index contributed by atoms with van der Waals surface area (Å²) < 4.78 is 46.9. The predicted octanol–water partition coefficient (Wildman–Crippen LogP) is 4.35. The van der Waals surface area contributed by atoms with Crippen molar-refractivity contribution in [1.29, 1.82) is 0 Å². The molecule has 2 heterocycles. The van der Waals surface area contributed by atoms with E-state index in [4.69, 9.17) is 18.9 Å². The molecule has 3 fully saturated rings. The largest absolute Gasteiger partial charge is 0.352 e. The molecule has 144 valence electrons. The van der Waals surface area contributed by atoms with Gasteiger partial charge in [-0.15, -0.1) is 0 Å². The van der Waals surface area contributed by atoms with Gasteiger partial charge in [-0.3, -0.25) is 0 Å². The van der Waals surface area contributed by atoms with E-state index in [0.717, 1.165) is 5.92 Å². The summed E-state index contributed by atoms with van der Waals surface area (Å²) in [5.41, 5.74) is 0. The van der Waals surface area contributed by atoms with Crippen LogP contribution in [0, 0.1) is 23.7 Å². The van der Waals surface area contributed by atoms with Crippen LogP contribution >= 0.6 is 0 Å². The normalized spacial score (nSPS) is 39.8. The van der Waals surface area contributed by atoms with Gasteiger partial charge in [-0.05, 0) is 24.7 Å². The van der Waals surface area contributed by atoms with Gasteiger partial charge in [0, 0.05) is 12.0 Å². The Morgan fingerprint density at radius 3 is 2.00 bits per heavy atom. The molecule has 0 aromatic carbocycles. The molecule has 0 amide bonds. The van der Waals surface area contributed by atoms with Gasteiger partial charge in [-0.1, -0.05) is 32.6 Å². The van der Waals surface area contributed by atoms with E-state index in [1.165, 1.54) is 38.5 Å². The smallest absolute Gasteiger partial charge is 0.271 e. The first-order valence-electron chi connectivity index (χ1n) is 9.65. The zero-order chi connectivity index (χ0) is 17.6. The predicted molar refractivity (Wildman–Crippen MR) is 89.0 cm³/mol. The van der Waals surface area contributed by atoms with E-state index in [9.17, 15) is 8.78 Å². The minimum atomic E-state index is -1.79. The van der Waals surface area contributed by atoms with E-state index >= 15 is 0 Å². The van der Waals surface area contributed by atoms with Gasteiger partial charge >= 0.3 is 0 Å². The summed E-state index contributed by atoms with van der Waals surface area (Å²) in [6.07, 6.45) is 5.46. The molecule has 4 nitrogen and oxygen atoms in total. The topological polar surface area (TPSA) is 36.9 Å². The molecule has 0 atom stereocenters. The third-order valence-corrected chi connectivity index (χ3v) is 5.80. The molecule has 1 aliphatic carbocycles. The molecule has 0 bridgehead atoms. The number of hydrogen-bond donors (Lipinski definition) is 0. The molecule has 0 radical (unpaired) electrons. The number of ether oxygens (including phenoxy) is 4. The standard InChI is InChI=1S/C19H30F2O4/c1-2-3-13-4-6-14(7-5-13)15-9-24-19(25-10-15)16-11-22-18(23-12-16)8-17(20)21/h8,13-16,18-19H,2-7,9-12H2,1H3. The van der Waals surface area contributed by atoms with E-state index in [2.05, 4.69) is 6.92 Å². The van der Waals surface area contributed by atoms with Crippen LogP contribution in [0.2, 0.25) is 0 Å². The van der Waals surface area contributed by atoms with Gasteiger partial charge < -0.3 is 18.9 Å². The highest BCUT2D eigenvalue weighted by molar-refractivity contribution is 4.87. The summed E-state index contributed by atoms with van der Waals surface area (Å²) in [6.45, 7) is 4.32. The molecule has 6 heteroatoms.